The van der Waals surface area contributed by atoms with Gasteiger partial charge in [-0.3, -0.25) is 9.59 Å². The number of rotatable bonds is 8. The van der Waals surface area contributed by atoms with Crippen LogP contribution < -0.4 is 15.2 Å². The summed E-state index contributed by atoms with van der Waals surface area (Å²) in [5.74, 6) is 0.0463. The lowest BCUT2D eigenvalue weighted by Gasteiger charge is -2.35. The topological polar surface area (TPSA) is 101 Å². The zero-order chi connectivity index (χ0) is 24.0. The van der Waals surface area contributed by atoms with Gasteiger partial charge in [-0.25, -0.2) is 10.1 Å². The lowest BCUT2D eigenvalue weighted by atomic mass is 10.2. The smallest absolute Gasteiger partial charge is 0.425 e. The zero-order valence-electron chi connectivity index (χ0n) is 17.8. The van der Waals surface area contributed by atoms with E-state index in [-0.39, 0.29) is 25.5 Å². The summed E-state index contributed by atoms with van der Waals surface area (Å²) in [4.78, 5) is 31.9. The Morgan fingerprint density at radius 1 is 1.24 bits per heavy atom. The molecule has 1 saturated heterocycles. The van der Waals surface area contributed by atoms with Crippen molar-refractivity contribution in [3.8, 4) is 5.75 Å². The van der Waals surface area contributed by atoms with Crippen molar-refractivity contribution in [3.05, 3.63) is 45.5 Å². The van der Waals surface area contributed by atoms with Crippen molar-refractivity contribution in [2.45, 2.75) is 25.6 Å². The van der Waals surface area contributed by atoms with Crippen molar-refractivity contribution in [3.63, 3.8) is 0 Å². The second kappa shape index (κ2) is 10.8. The molecule has 3 heterocycles. The number of halogens is 4. The number of nitrogens with zero attached hydrogens (tertiary/aromatic N) is 4. The van der Waals surface area contributed by atoms with Gasteiger partial charge in [-0.15, -0.1) is 0 Å². The average Bonchev–Trinajstić information content (AvgIpc) is 2.76. The van der Waals surface area contributed by atoms with Gasteiger partial charge in [0.1, 0.15) is 11.9 Å². The number of anilines is 1. The average molecular weight is 490 g/mol. The number of H-pyrrole nitrogens is 1. The molecule has 1 aliphatic rings. The molecule has 1 amide bonds. The number of alkyl halides is 3. The van der Waals surface area contributed by atoms with E-state index < -0.39 is 29.2 Å². The fourth-order valence-corrected chi connectivity index (χ4v) is 3.41. The first-order valence-electron chi connectivity index (χ1n) is 10.2. The van der Waals surface area contributed by atoms with Crippen molar-refractivity contribution in [2.24, 2.45) is 0 Å². The molecule has 0 radical (unpaired) electrons. The van der Waals surface area contributed by atoms with E-state index in [9.17, 15) is 22.8 Å². The number of piperazine rings is 1. The number of carbonyl (C=O) groups is 1. The Bertz CT molecular complexity index is 994. The summed E-state index contributed by atoms with van der Waals surface area (Å²) < 4.78 is 49.8. The number of pyridine rings is 1. The minimum atomic E-state index is -4.88. The third-order valence-electron chi connectivity index (χ3n) is 4.91. The summed E-state index contributed by atoms with van der Waals surface area (Å²) in [6, 6.07) is 3.59. The Morgan fingerprint density at radius 3 is 2.61 bits per heavy atom. The van der Waals surface area contributed by atoms with Gasteiger partial charge >= 0.3 is 6.18 Å². The highest BCUT2D eigenvalue weighted by molar-refractivity contribution is 6.30. The molecule has 0 spiro atoms. The fraction of sp³-hybridized carbons (Fsp3) is 0.500. The number of nitrogens with one attached hydrogen (secondary N) is 1. The predicted octanol–water partition coefficient (Wildman–Crippen LogP) is 2.36. The quantitative estimate of drug-likeness (QED) is 0.568. The summed E-state index contributed by atoms with van der Waals surface area (Å²) in [5, 5.41) is 5.64. The van der Waals surface area contributed by atoms with Crippen LogP contribution in [0.15, 0.2) is 29.3 Å². The van der Waals surface area contributed by atoms with Gasteiger partial charge < -0.3 is 19.3 Å². The molecule has 13 heteroatoms. The highest BCUT2D eigenvalue weighted by atomic mass is 35.5. The second-order valence-electron chi connectivity index (χ2n) is 7.39. The van der Waals surface area contributed by atoms with E-state index in [0.29, 0.717) is 31.2 Å². The van der Waals surface area contributed by atoms with Gasteiger partial charge in [0.05, 0.1) is 30.9 Å². The van der Waals surface area contributed by atoms with Crippen LogP contribution in [-0.2, 0) is 15.7 Å². The number of aromatic amines is 1. The van der Waals surface area contributed by atoms with Gasteiger partial charge in [0.25, 0.3) is 5.56 Å². The van der Waals surface area contributed by atoms with Crippen molar-refractivity contribution in [2.75, 3.05) is 44.3 Å². The lowest BCUT2D eigenvalue weighted by molar-refractivity contribution is -0.141. The molecule has 0 bridgehead atoms. The Balaban J connectivity index is 1.39. The normalized spacial score (nSPS) is 15.4. The number of hydrogen-bond acceptors (Lipinski definition) is 7. The first-order chi connectivity index (χ1) is 15.6. The van der Waals surface area contributed by atoms with E-state index in [4.69, 9.17) is 21.1 Å². The van der Waals surface area contributed by atoms with Crippen LogP contribution in [0.2, 0.25) is 5.02 Å². The van der Waals surface area contributed by atoms with Crippen LogP contribution in [0.4, 0.5) is 19.0 Å². The Hall–Kier alpha value is -2.86. The highest BCUT2D eigenvalue weighted by Gasteiger charge is 2.38. The molecule has 0 aliphatic carbocycles. The molecule has 9 nitrogen and oxygen atoms in total. The third-order valence-corrected chi connectivity index (χ3v) is 5.14. The summed E-state index contributed by atoms with van der Waals surface area (Å²) >= 11 is 5.85. The molecule has 3 rings (SSSR count). The SMILES string of the molecule is CC(COCCC(=O)N1CCN(c2ccc(Cl)cn2)CC1)Oc1cn[nH]c(=O)c1C(F)(F)F. The van der Waals surface area contributed by atoms with Crippen LogP contribution in [-0.4, -0.2) is 71.5 Å². The minimum Gasteiger partial charge on any atom is -0.486 e. The van der Waals surface area contributed by atoms with Gasteiger partial charge in [-0.05, 0) is 19.1 Å². The van der Waals surface area contributed by atoms with Gasteiger partial charge in [0, 0.05) is 32.4 Å². The van der Waals surface area contributed by atoms with Crippen LogP contribution in [0.3, 0.4) is 0 Å². The monoisotopic (exact) mass is 489 g/mol. The molecule has 2 aromatic rings. The molecule has 1 atom stereocenters. The summed E-state index contributed by atoms with van der Waals surface area (Å²) in [6.07, 6.45) is -3.17. The first kappa shape index (κ1) is 24.8. The molecule has 180 valence electrons. The lowest BCUT2D eigenvalue weighted by Crippen LogP contribution is -2.49. The molecule has 1 unspecified atom stereocenters. The zero-order valence-corrected chi connectivity index (χ0v) is 18.5. The van der Waals surface area contributed by atoms with E-state index in [0.717, 1.165) is 12.0 Å². The Labute approximate surface area is 192 Å². The molecular weight excluding hydrogens is 467 g/mol. The Morgan fingerprint density at radius 2 is 1.97 bits per heavy atom. The molecule has 33 heavy (non-hydrogen) atoms. The number of hydrogen-bond donors (Lipinski definition) is 1. The number of amides is 1. The maximum absolute atomic E-state index is 13.1. The number of aromatic nitrogens is 3. The number of ether oxygens (including phenoxy) is 2. The van der Waals surface area contributed by atoms with Gasteiger partial charge in [-0.2, -0.15) is 18.3 Å². The predicted molar refractivity (Wildman–Crippen MR) is 113 cm³/mol. The van der Waals surface area contributed by atoms with E-state index in [1.165, 1.54) is 6.92 Å². The molecule has 1 N–H and O–H groups in total. The van der Waals surface area contributed by atoms with Crippen molar-refractivity contribution in [1.29, 1.82) is 0 Å². The number of carbonyl (C=O) groups excluding carboxylic acids is 1. The maximum Gasteiger partial charge on any atom is 0.425 e. The van der Waals surface area contributed by atoms with E-state index in [2.05, 4.69) is 15.0 Å². The molecule has 1 aliphatic heterocycles. The van der Waals surface area contributed by atoms with Crippen molar-refractivity contribution < 1.29 is 27.4 Å². The summed E-state index contributed by atoms with van der Waals surface area (Å²) in [5.41, 5.74) is -2.84. The van der Waals surface area contributed by atoms with Gasteiger partial charge in [0.2, 0.25) is 5.91 Å². The highest BCUT2D eigenvalue weighted by Crippen LogP contribution is 2.33. The van der Waals surface area contributed by atoms with Crippen LogP contribution in [0.1, 0.15) is 18.9 Å². The largest absolute Gasteiger partial charge is 0.486 e. The van der Waals surface area contributed by atoms with Crippen molar-refractivity contribution >= 4 is 23.3 Å². The molecular formula is C20H23ClF3N5O4. The minimum absolute atomic E-state index is 0.0621. The fourth-order valence-electron chi connectivity index (χ4n) is 3.30. The first-order valence-corrected chi connectivity index (χ1v) is 10.6. The van der Waals surface area contributed by atoms with Crippen LogP contribution >= 0.6 is 11.6 Å². The second-order valence-corrected chi connectivity index (χ2v) is 7.83. The Kier molecular flexibility index (Phi) is 8.14. The van der Waals surface area contributed by atoms with Gasteiger partial charge in [0.15, 0.2) is 11.3 Å². The summed E-state index contributed by atoms with van der Waals surface area (Å²) in [6.45, 7) is 3.87. The molecule has 0 saturated carbocycles. The van der Waals surface area contributed by atoms with Crippen LogP contribution in [0.5, 0.6) is 5.75 Å². The van der Waals surface area contributed by atoms with E-state index in [1.54, 1.807) is 22.3 Å². The molecule has 0 aromatic carbocycles. The molecule has 2 aromatic heterocycles. The van der Waals surface area contributed by atoms with Crippen LogP contribution in [0.25, 0.3) is 0 Å². The standard InChI is InChI=1S/C20H23ClF3N5O4/c1-13(33-15-11-26-27-19(31)18(15)20(22,23)24)12-32-9-4-17(30)29-7-5-28(6-8-29)16-3-2-14(21)10-25-16/h2-3,10-11,13H,4-9,12H2,1H3,(H,27,31). The van der Waals surface area contributed by atoms with Crippen LogP contribution in [0, 0.1) is 0 Å². The van der Waals surface area contributed by atoms with Gasteiger partial charge in [-0.1, -0.05) is 11.6 Å². The maximum atomic E-state index is 13.1. The summed E-state index contributed by atoms with van der Waals surface area (Å²) in [7, 11) is 0. The molecule has 1 fully saturated rings. The third kappa shape index (κ3) is 6.81. The van der Waals surface area contributed by atoms with Crippen molar-refractivity contribution in [1.82, 2.24) is 20.1 Å². The van der Waals surface area contributed by atoms with E-state index in [1.807, 2.05) is 6.07 Å². The van der Waals surface area contributed by atoms with E-state index >= 15 is 0 Å².